The van der Waals surface area contributed by atoms with E-state index < -0.39 is 0 Å². The molecule has 0 atom stereocenters. The fourth-order valence-electron chi connectivity index (χ4n) is 3.18. The molecule has 0 aromatic heterocycles. The van der Waals surface area contributed by atoms with Gasteiger partial charge in [0.2, 0.25) is 5.91 Å². The molecule has 0 radical (unpaired) electrons. The van der Waals surface area contributed by atoms with Gasteiger partial charge in [0, 0.05) is 18.5 Å². The monoisotopic (exact) mass is 338 g/mol. The number of nitrogens with zero attached hydrogens (tertiary/aromatic N) is 1. The Labute approximate surface area is 149 Å². The van der Waals surface area contributed by atoms with Crippen LogP contribution in [-0.4, -0.2) is 38.1 Å². The number of benzene rings is 2. The van der Waals surface area contributed by atoms with E-state index in [1.807, 2.05) is 42.3 Å². The lowest BCUT2D eigenvalue weighted by molar-refractivity contribution is -0.122. The van der Waals surface area contributed by atoms with Crippen molar-refractivity contribution in [3.05, 3.63) is 65.7 Å². The van der Waals surface area contributed by atoms with Gasteiger partial charge in [-0.15, -0.1) is 0 Å². The number of carbonyl (C=O) groups is 1. The Kier molecular flexibility index (Phi) is 5.39. The molecule has 0 saturated heterocycles. The fraction of sp³-hybridized carbons (Fsp3) is 0.381. The summed E-state index contributed by atoms with van der Waals surface area (Å²) in [6.45, 7) is 1.87. The highest BCUT2D eigenvalue weighted by Gasteiger charge is 2.44. The summed E-state index contributed by atoms with van der Waals surface area (Å²) in [6.07, 6.45) is 2.30. The molecule has 2 aromatic rings. The average molecular weight is 338 g/mol. The van der Waals surface area contributed by atoms with Crippen molar-refractivity contribution < 1.29 is 9.53 Å². The highest BCUT2D eigenvalue weighted by atomic mass is 16.5. The number of rotatable bonds is 8. The number of methoxy groups -OCH3 is 1. The maximum absolute atomic E-state index is 12.3. The Balaban J connectivity index is 1.46. The third-order valence-corrected chi connectivity index (χ3v) is 4.89. The van der Waals surface area contributed by atoms with Crippen molar-refractivity contribution in [1.82, 2.24) is 10.2 Å². The number of ether oxygens (including phenoxy) is 1. The van der Waals surface area contributed by atoms with Gasteiger partial charge in [0.1, 0.15) is 5.75 Å². The van der Waals surface area contributed by atoms with E-state index in [1.165, 1.54) is 11.1 Å². The molecule has 2 aromatic carbocycles. The van der Waals surface area contributed by atoms with Crippen molar-refractivity contribution in [1.29, 1.82) is 0 Å². The van der Waals surface area contributed by atoms with Crippen LogP contribution in [0.4, 0.5) is 0 Å². The molecule has 4 heteroatoms. The van der Waals surface area contributed by atoms with Gasteiger partial charge in [0.15, 0.2) is 0 Å². The van der Waals surface area contributed by atoms with E-state index in [0.717, 1.165) is 31.7 Å². The number of hydrogen-bond donors (Lipinski definition) is 1. The number of nitrogens with one attached hydrogen (secondary N) is 1. The first-order chi connectivity index (χ1) is 12.1. The topological polar surface area (TPSA) is 41.6 Å². The van der Waals surface area contributed by atoms with Gasteiger partial charge in [-0.05, 0) is 43.1 Å². The normalized spacial score (nSPS) is 15.0. The molecular formula is C21H26N2O2. The van der Waals surface area contributed by atoms with E-state index in [9.17, 15) is 4.79 Å². The van der Waals surface area contributed by atoms with Crippen molar-refractivity contribution in [2.24, 2.45) is 0 Å². The minimum Gasteiger partial charge on any atom is -0.497 e. The molecule has 1 amide bonds. The predicted octanol–water partition coefficient (Wildman–Crippen LogP) is 2.98. The summed E-state index contributed by atoms with van der Waals surface area (Å²) in [5.41, 5.74) is 2.66. The zero-order chi connectivity index (χ0) is 17.7. The van der Waals surface area contributed by atoms with Gasteiger partial charge >= 0.3 is 0 Å². The molecule has 1 saturated carbocycles. The lowest BCUT2D eigenvalue weighted by atomic mass is 9.96. The van der Waals surface area contributed by atoms with E-state index in [-0.39, 0.29) is 11.3 Å². The highest BCUT2D eigenvalue weighted by Crippen LogP contribution is 2.47. The first-order valence-corrected chi connectivity index (χ1v) is 8.75. The summed E-state index contributed by atoms with van der Waals surface area (Å²) < 4.78 is 5.17. The molecule has 0 heterocycles. The Morgan fingerprint density at radius 1 is 1.12 bits per heavy atom. The molecule has 132 valence electrons. The SMILES string of the molecule is COc1ccc(CN(C)CC(=O)NCC2(c3ccccc3)CC2)cc1. The maximum atomic E-state index is 12.3. The summed E-state index contributed by atoms with van der Waals surface area (Å²) >= 11 is 0. The lowest BCUT2D eigenvalue weighted by Gasteiger charge is -2.19. The van der Waals surface area contributed by atoms with Gasteiger partial charge in [0.05, 0.1) is 13.7 Å². The lowest BCUT2D eigenvalue weighted by Crippen LogP contribution is -2.38. The smallest absolute Gasteiger partial charge is 0.234 e. The molecule has 0 bridgehead atoms. The first kappa shape index (κ1) is 17.5. The second-order valence-corrected chi connectivity index (χ2v) is 6.94. The Hall–Kier alpha value is -2.33. The molecule has 1 N–H and O–H groups in total. The Morgan fingerprint density at radius 3 is 2.40 bits per heavy atom. The van der Waals surface area contributed by atoms with Crippen molar-refractivity contribution in [3.8, 4) is 5.75 Å². The van der Waals surface area contributed by atoms with Crippen molar-refractivity contribution >= 4 is 5.91 Å². The number of carbonyl (C=O) groups excluding carboxylic acids is 1. The zero-order valence-corrected chi connectivity index (χ0v) is 15.0. The number of hydrogen-bond acceptors (Lipinski definition) is 3. The first-order valence-electron chi connectivity index (χ1n) is 8.75. The molecule has 1 aliphatic carbocycles. The largest absolute Gasteiger partial charge is 0.497 e. The molecule has 3 rings (SSSR count). The second kappa shape index (κ2) is 7.70. The van der Waals surface area contributed by atoms with Crippen LogP contribution in [0.2, 0.25) is 0 Å². The van der Waals surface area contributed by atoms with E-state index in [4.69, 9.17) is 4.74 Å². The maximum Gasteiger partial charge on any atom is 0.234 e. The van der Waals surface area contributed by atoms with Crippen molar-refractivity contribution in [2.45, 2.75) is 24.8 Å². The Morgan fingerprint density at radius 2 is 1.80 bits per heavy atom. The second-order valence-electron chi connectivity index (χ2n) is 6.94. The van der Waals surface area contributed by atoms with Crippen LogP contribution < -0.4 is 10.1 Å². The minimum absolute atomic E-state index is 0.0817. The van der Waals surface area contributed by atoms with Gasteiger partial charge in [-0.2, -0.15) is 0 Å². The summed E-state index contributed by atoms with van der Waals surface area (Å²) in [7, 11) is 3.63. The highest BCUT2D eigenvalue weighted by molar-refractivity contribution is 5.78. The number of amides is 1. The van der Waals surface area contributed by atoms with Gasteiger partial charge in [-0.3, -0.25) is 9.69 Å². The molecular weight excluding hydrogens is 312 g/mol. The van der Waals surface area contributed by atoms with Crippen molar-refractivity contribution in [3.63, 3.8) is 0 Å². The third-order valence-electron chi connectivity index (χ3n) is 4.89. The van der Waals surface area contributed by atoms with E-state index >= 15 is 0 Å². The molecule has 1 aliphatic rings. The molecule has 4 nitrogen and oxygen atoms in total. The molecule has 0 aliphatic heterocycles. The predicted molar refractivity (Wildman–Crippen MR) is 99.7 cm³/mol. The zero-order valence-electron chi connectivity index (χ0n) is 15.0. The quantitative estimate of drug-likeness (QED) is 0.804. The van der Waals surface area contributed by atoms with Crippen LogP contribution in [0.25, 0.3) is 0 Å². The number of likely N-dealkylation sites (N-methyl/N-ethyl adjacent to an activating group) is 1. The van der Waals surface area contributed by atoms with Crippen LogP contribution in [0.5, 0.6) is 5.75 Å². The fourth-order valence-corrected chi connectivity index (χ4v) is 3.18. The summed E-state index contributed by atoms with van der Waals surface area (Å²) in [5.74, 6) is 0.929. The van der Waals surface area contributed by atoms with Crippen LogP contribution in [0.15, 0.2) is 54.6 Å². The summed E-state index contributed by atoms with van der Waals surface area (Å²) in [5, 5.41) is 3.12. The molecule has 0 unspecified atom stereocenters. The summed E-state index contributed by atoms with van der Waals surface area (Å²) in [6, 6.07) is 18.4. The Bertz CT molecular complexity index is 694. The van der Waals surface area contributed by atoms with Gasteiger partial charge in [-0.1, -0.05) is 42.5 Å². The molecule has 1 fully saturated rings. The molecule has 0 spiro atoms. The third kappa shape index (κ3) is 4.60. The van der Waals surface area contributed by atoms with E-state index in [0.29, 0.717) is 6.54 Å². The van der Waals surface area contributed by atoms with E-state index in [2.05, 4.69) is 29.6 Å². The van der Waals surface area contributed by atoms with Crippen LogP contribution in [-0.2, 0) is 16.8 Å². The van der Waals surface area contributed by atoms with Crippen LogP contribution >= 0.6 is 0 Å². The minimum atomic E-state index is 0.0817. The van der Waals surface area contributed by atoms with Crippen LogP contribution in [0.1, 0.15) is 24.0 Å². The van der Waals surface area contributed by atoms with E-state index in [1.54, 1.807) is 7.11 Å². The average Bonchev–Trinajstić information content (AvgIpc) is 3.43. The van der Waals surface area contributed by atoms with Crippen LogP contribution in [0.3, 0.4) is 0 Å². The van der Waals surface area contributed by atoms with Gasteiger partial charge in [-0.25, -0.2) is 0 Å². The standard InChI is InChI=1S/C21H26N2O2/c1-23(14-17-8-10-19(25-2)11-9-17)15-20(24)22-16-21(12-13-21)18-6-4-3-5-7-18/h3-11H,12-16H2,1-2H3,(H,22,24). The van der Waals surface area contributed by atoms with Gasteiger partial charge in [0.25, 0.3) is 0 Å². The van der Waals surface area contributed by atoms with Crippen molar-refractivity contribution in [2.75, 3.05) is 27.2 Å². The molecule has 25 heavy (non-hydrogen) atoms. The van der Waals surface area contributed by atoms with Crippen LogP contribution in [0, 0.1) is 0 Å². The van der Waals surface area contributed by atoms with Gasteiger partial charge < -0.3 is 10.1 Å². The summed E-state index contributed by atoms with van der Waals surface area (Å²) in [4.78, 5) is 14.3.